The van der Waals surface area contributed by atoms with E-state index in [0.717, 1.165) is 30.6 Å². The summed E-state index contributed by atoms with van der Waals surface area (Å²) in [4.78, 5) is 15.0. The van der Waals surface area contributed by atoms with Gasteiger partial charge in [-0.1, -0.05) is 6.92 Å². The quantitative estimate of drug-likeness (QED) is 0.874. The van der Waals surface area contributed by atoms with Crippen LogP contribution >= 0.6 is 11.3 Å². The lowest BCUT2D eigenvalue weighted by molar-refractivity contribution is 0.0689. The van der Waals surface area contributed by atoms with Crippen molar-refractivity contribution in [3.8, 4) is 0 Å². The van der Waals surface area contributed by atoms with E-state index in [4.69, 9.17) is 5.73 Å². The number of hydrogen-bond donors (Lipinski definition) is 1. The second kappa shape index (κ2) is 5.05. The molecule has 0 spiro atoms. The van der Waals surface area contributed by atoms with Crippen molar-refractivity contribution in [2.75, 3.05) is 18.8 Å². The number of amides is 1. The Kier molecular flexibility index (Phi) is 3.38. The topological polar surface area (TPSA) is 46.3 Å². The Morgan fingerprint density at radius 2 is 2.30 bits per heavy atom. The standard InChI is InChI=1S/C15H17FN2OS/c1-9-3-2-6-18(8-9)15(19)14-13(17)11-7-10(16)4-5-12(11)20-14/h4-5,7,9H,2-3,6,8,17H2,1H3. The number of carbonyl (C=O) groups excluding carboxylic acids is 1. The molecule has 0 radical (unpaired) electrons. The van der Waals surface area contributed by atoms with E-state index in [2.05, 4.69) is 6.92 Å². The first kappa shape index (κ1) is 13.4. The first-order valence-electron chi connectivity index (χ1n) is 6.83. The van der Waals surface area contributed by atoms with Crippen LogP contribution < -0.4 is 5.73 Å². The fourth-order valence-corrected chi connectivity index (χ4v) is 3.84. The number of nitrogen functional groups attached to an aromatic ring is 1. The fraction of sp³-hybridized carbons (Fsp3) is 0.400. The van der Waals surface area contributed by atoms with Crippen LogP contribution in [0.2, 0.25) is 0 Å². The monoisotopic (exact) mass is 292 g/mol. The number of piperidine rings is 1. The second-order valence-corrected chi connectivity index (χ2v) is 6.54. The summed E-state index contributed by atoms with van der Waals surface area (Å²) < 4.78 is 14.1. The van der Waals surface area contributed by atoms with Crippen molar-refractivity contribution in [1.29, 1.82) is 0 Å². The van der Waals surface area contributed by atoms with Gasteiger partial charge in [0.1, 0.15) is 10.7 Å². The summed E-state index contributed by atoms with van der Waals surface area (Å²) in [5.74, 6) is 0.184. The molecule has 0 bridgehead atoms. The maximum Gasteiger partial charge on any atom is 0.266 e. The van der Waals surface area contributed by atoms with Crippen molar-refractivity contribution < 1.29 is 9.18 Å². The van der Waals surface area contributed by atoms with Gasteiger partial charge in [-0.25, -0.2) is 4.39 Å². The molecule has 2 aromatic rings. The number of carbonyl (C=O) groups is 1. The number of benzene rings is 1. The summed E-state index contributed by atoms with van der Waals surface area (Å²) >= 11 is 1.35. The highest BCUT2D eigenvalue weighted by Gasteiger charge is 2.25. The third-order valence-corrected chi connectivity index (χ3v) is 5.00. The lowest BCUT2D eigenvalue weighted by Gasteiger charge is -2.30. The molecule has 106 valence electrons. The number of rotatable bonds is 1. The van der Waals surface area contributed by atoms with Crippen LogP contribution in [0.4, 0.5) is 10.1 Å². The zero-order chi connectivity index (χ0) is 14.3. The van der Waals surface area contributed by atoms with Crippen LogP contribution in [0.15, 0.2) is 18.2 Å². The number of fused-ring (bicyclic) bond motifs is 1. The molecule has 0 aliphatic carbocycles. The molecule has 1 fully saturated rings. The van der Waals surface area contributed by atoms with E-state index < -0.39 is 0 Å². The average molecular weight is 292 g/mol. The van der Waals surface area contributed by atoms with Gasteiger partial charge in [0.05, 0.1) is 5.69 Å². The molecule has 1 atom stereocenters. The molecule has 20 heavy (non-hydrogen) atoms. The van der Waals surface area contributed by atoms with Gasteiger partial charge in [0.2, 0.25) is 0 Å². The first-order valence-corrected chi connectivity index (χ1v) is 7.64. The Balaban J connectivity index is 1.97. The van der Waals surface area contributed by atoms with E-state index in [0.29, 0.717) is 21.9 Å². The number of likely N-dealkylation sites (tertiary alicyclic amines) is 1. The highest BCUT2D eigenvalue weighted by molar-refractivity contribution is 7.21. The molecule has 5 heteroatoms. The van der Waals surface area contributed by atoms with Crippen molar-refractivity contribution in [3.05, 3.63) is 28.9 Å². The number of hydrogen-bond acceptors (Lipinski definition) is 3. The third-order valence-electron chi connectivity index (χ3n) is 3.83. The average Bonchev–Trinajstić information content (AvgIpc) is 2.75. The number of thiophene rings is 1. The number of halogens is 1. The molecular weight excluding hydrogens is 275 g/mol. The predicted molar refractivity (Wildman–Crippen MR) is 80.5 cm³/mol. The molecular formula is C15H17FN2OS. The Morgan fingerprint density at radius 3 is 3.05 bits per heavy atom. The van der Waals surface area contributed by atoms with E-state index in [1.807, 2.05) is 4.90 Å². The van der Waals surface area contributed by atoms with Crippen LogP contribution in [-0.2, 0) is 0 Å². The van der Waals surface area contributed by atoms with Crippen molar-refractivity contribution in [2.45, 2.75) is 19.8 Å². The van der Waals surface area contributed by atoms with E-state index >= 15 is 0 Å². The normalized spacial score (nSPS) is 19.5. The number of anilines is 1. The molecule has 1 amide bonds. The van der Waals surface area contributed by atoms with Crippen molar-refractivity contribution in [1.82, 2.24) is 4.90 Å². The van der Waals surface area contributed by atoms with Gasteiger partial charge in [0, 0.05) is 23.2 Å². The van der Waals surface area contributed by atoms with Crippen LogP contribution in [0.1, 0.15) is 29.4 Å². The summed E-state index contributed by atoms with van der Waals surface area (Å²) in [6.45, 7) is 3.72. The summed E-state index contributed by atoms with van der Waals surface area (Å²) in [6.07, 6.45) is 2.20. The van der Waals surface area contributed by atoms with Crippen molar-refractivity contribution in [3.63, 3.8) is 0 Å². The highest BCUT2D eigenvalue weighted by Crippen LogP contribution is 2.35. The zero-order valence-corrected chi connectivity index (χ0v) is 12.2. The van der Waals surface area contributed by atoms with Gasteiger partial charge in [-0.2, -0.15) is 0 Å². The van der Waals surface area contributed by atoms with Crippen molar-refractivity contribution in [2.24, 2.45) is 5.92 Å². The predicted octanol–water partition coefficient (Wildman–Crippen LogP) is 3.49. The summed E-state index contributed by atoms with van der Waals surface area (Å²) in [5, 5.41) is 0.642. The molecule has 1 aliphatic heterocycles. The molecule has 1 saturated heterocycles. The highest BCUT2D eigenvalue weighted by atomic mass is 32.1. The Labute approximate surface area is 121 Å². The molecule has 3 nitrogen and oxygen atoms in total. The van der Waals surface area contributed by atoms with Gasteiger partial charge in [-0.3, -0.25) is 4.79 Å². The zero-order valence-electron chi connectivity index (χ0n) is 11.4. The summed E-state index contributed by atoms with van der Waals surface area (Å²) in [6, 6.07) is 4.48. The molecule has 3 rings (SSSR count). The SMILES string of the molecule is CC1CCCN(C(=O)c2sc3ccc(F)cc3c2N)C1. The number of nitrogens with two attached hydrogens (primary N) is 1. The van der Waals surface area contributed by atoms with Gasteiger partial charge >= 0.3 is 0 Å². The molecule has 1 unspecified atom stereocenters. The minimum absolute atomic E-state index is 0.0179. The Morgan fingerprint density at radius 1 is 1.50 bits per heavy atom. The maximum absolute atomic E-state index is 13.3. The maximum atomic E-state index is 13.3. The van der Waals surface area contributed by atoms with Crippen LogP contribution in [0.5, 0.6) is 0 Å². The molecule has 1 aromatic carbocycles. The van der Waals surface area contributed by atoms with Crippen molar-refractivity contribution >= 4 is 33.0 Å². The van der Waals surface area contributed by atoms with Gasteiger partial charge in [0.15, 0.2) is 0 Å². The molecule has 2 heterocycles. The van der Waals surface area contributed by atoms with Crippen LogP contribution in [0, 0.1) is 11.7 Å². The Bertz CT molecular complexity index is 667. The lowest BCUT2D eigenvalue weighted by atomic mass is 10.00. The van der Waals surface area contributed by atoms with E-state index in [1.165, 1.54) is 23.5 Å². The fourth-order valence-electron chi connectivity index (χ4n) is 2.77. The van der Waals surface area contributed by atoms with Crippen LogP contribution in [-0.4, -0.2) is 23.9 Å². The number of nitrogens with zero attached hydrogens (tertiary/aromatic N) is 1. The molecule has 0 saturated carbocycles. The van der Waals surface area contributed by atoms with Crippen LogP contribution in [0.3, 0.4) is 0 Å². The van der Waals surface area contributed by atoms with Gasteiger partial charge < -0.3 is 10.6 Å². The third kappa shape index (κ3) is 2.26. The smallest absolute Gasteiger partial charge is 0.266 e. The van der Waals surface area contributed by atoms with Gasteiger partial charge in [-0.05, 0) is 37.0 Å². The van der Waals surface area contributed by atoms with Crippen LogP contribution in [0.25, 0.3) is 10.1 Å². The molecule has 1 aliphatic rings. The van der Waals surface area contributed by atoms with E-state index in [1.54, 1.807) is 6.07 Å². The largest absolute Gasteiger partial charge is 0.397 e. The molecule has 1 aromatic heterocycles. The first-order chi connectivity index (χ1) is 9.56. The lowest BCUT2D eigenvalue weighted by Crippen LogP contribution is -2.38. The Hall–Kier alpha value is -1.62. The minimum atomic E-state index is -0.326. The van der Waals surface area contributed by atoms with E-state index in [9.17, 15) is 9.18 Å². The molecule has 2 N–H and O–H groups in total. The summed E-state index contributed by atoms with van der Waals surface area (Å²) in [5.41, 5.74) is 6.46. The minimum Gasteiger partial charge on any atom is -0.397 e. The van der Waals surface area contributed by atoms with E-state index in [-0.39, 0.29) is 11.7 Å². The van der Waals surface area contributed by atoms with Gasteiger partial charge in [0.25, 0.3) is 5.91 Å². The second-order valence-electron chi connectivity index (χ2n) is 5.48. The van der Waals surface area contributed by atoms with Gasteiger partial charge in [-0.15, -0.1) is 11.3 Å². The summed E-state index contributed by atoms with van der Waals surface area (Å²) in [7, 11) is 0.